The van der Waals surface area contributed by atoms with Gasteiger partial charge < -0.3 is 18.9 Å². The molecule has 2 unspecified atom stereocenters. The van der Waals surface area contributed by atoms with E-state index in [0.29, 0.717) is 6.61 Å². The molecule has 0 spiro atoms. The summed E-state index contributed by atoms with van der Waals surface area (Å²) in [6, 6.07) is 0. The van der Waals surface area contributed by atoms with E-state index in [1.807, 2.05) is 13.8 Å². The molecule has 8 heteroatoms. The first-order chi connectivity index (χ1) is 6.98. The Bertz CT molecular complexity index is 286. The summed E-state index contributed by atoms with van der Waals surface area (Å²) in [7, 11) is -3.87. The molecule has 2 aliphatic heterocycles. The maximum atomic E-state index is 11.1. The molecular weight excluding hydrogens is 461 g/mol. The van der Waals surface area contributed by atoms with E-state index in [9.17, 15) is 4.57 Å². The normalized spacial score (nSPS) is 42.1. The van der Waals surface area contributed by atoms with E-state index in [4.69, 9.17) is 23.4 Å². The van der Waals surface area contributed by atoms with Crippen LogP contribution in [0.3, 0.4) is 0 Å². The molecule has 6 nitrogen and oxygen atoms in total. The third-order valence-corrected chi connectivity index (χ3v) is 3.20. The molecule has 0 aromatic rings. The first kappa shape index (κ1) is 15.1. The van der Waals surface area contributed by atoms with Gasteiger partial charge in [0.05, 0.1) is 24.9 Å². The van der Waals surface area contributed by atoms with Crippen LogP contribution in [0.15, 0.2) is 0 Å². The van der Waals surface area contributed by atoms with Gasteiger partial charge in [0.2, 0.25) is 0 Å². The Kier molecular flexibility index (Phi) is 5.50. The third-order valence-electron chi connectivity index (χ3n) is 2.18. The molecule has 0 saturated carbocycles. The Morgan fingerprint density at radius 2 is 2.19 bits per heavy atom. The molecular formula is C8H14O6PU-. The fraction of sp³-hybridized carbons (Fsp3) is 0.875. The summed E-state index contributed by atoms with van der Waals surface area (Å²) in [4.78, 5) is 9.09. The zero-order chi connectivity index (χ0) is 11.1. The largest absolute Gasteiger partial charge is 0.544 e. The van der Waals surface area contributed by atoms with Crippen molar-refractivity contribution in [2.24, 2.45) is 0 Å². The van der Waals surface area contributed by atoms with Gasteiger partial charge in [-0.2, -0.15) is 6.61 Å². The van der Waals surface area contributed by atoms with Crippen molar-refractivity contribution in [1.82, 2.24) is 0 Å². The molecule has 2 aliphatic rings. The number of fused-ring (bicyclic) bond motifs is 1. The van der Waals surface area contributed by atoms with E-state index in [2.05, 4.69) is 0 Å². The van der Waals surface area contributed by atoms with Crippen molar-refractivity contribution in [2.45, 2.75) is 38.3 Å². The van der Waals surface area contributed by atoms with Crippen molar-refractivity contribution in [3.63, 3.8) is 0 Å². The Hall–Kier alpha value is 1.08. The number of ether oxygens (including phenoxy) is 2. The molecule has 2 fully saturated rings. The summed E-state index contributed by atoms with van der Waals surface area (Å²) in [5.74, 6) is 0. The van der Waals surface area contributed by atoms with E-state index < -0.39 is 20.0 Å². The van der Waals surface area contributed by atoms with Gasteiger partial charge >= 0.3 is 7.82 Å². The number of phosphoric acid groups is 1. The second-order valence-electron chi connectivity index (χ2n) is 3.80. The number of phosphoric ester groups is 1. The van der Waals surface area contributed by atoms with Crippen LogP contribution in [0.1, 0.15) is 13.8 Å². The zero-order valence-electron chi connectivity index (χ0n) is 9.03. The summed E-state index contributed by atoms with van der Waals surface area (Å²) < 4.78 is 31.3. The van der Waals surface area contributed by atoms with Gasteiger partial charge in [-0.15, -0.1) is 0 Å². The van der Waals surface area contributed by atoms with Gasteiger partial charge in [0.25, 0.3) is 0 Å². The Balaban J connectivity index is 0.00000128. The van der Waals surface area contributed by atoms with E-state index in [1.54, 1.807) is 0 Å². The Morgan fingerprint density at radius 3 is 2.81 bits per heavy atom. The average molecular weight is 475 g/mol. The molecule has 2 rings (SSSR count). The molecule has 1 N–H and O–H groups in total. The van der Waals surface area contributed by atoms with Crippen LogP contribution < -0.4 is 0 Å². The van der Waals surface area contributed by atoms with Crippen LogP contribution in [0.25, 0.3) is 0 Å². The van der Waals surface area contributed by atoms with Gasteiger partial charge in [0.1, 0.15) is 0 Å². The molecule has 2 saturated heterocycles. The molecule has 0 aliphatic carbocycles. The minimum absolute atomic E-state index is 0. The van der Waals surface area contributed by atoms with Crippen LogP contribution >= 0.6 is 7.82 Å². The maximum Gasteiger partial charge on any atom is 0.470 e. The molecule has 0 aromatic carbocycles. The van der Waals surface area contributed by atoms with Crippen molar-refractivity contribution >= 4 is 7.82 Å². The third kappa shape index (κ3) is 3.54. The van der Waals surface area contributed by atoms with Gasteiger partial charge in [-0.1, -0.05) is 0 Å². The molecule has 0 bridgehead atoms. The van der Waals surface area contributed by atoms with E-state index >= 15 is 0 Å². The van der Waals surface area contributed by atoms with Crippen molar-refractivity contribution in [3.05, 3.63) is 6.61 Å². The molecule has 0 aromatic heterocycles. The van der Waals surface area contributed by atoms with Crippen LogP contribution in [-0.2, 0) is 23.1 Å². The van der Waals surface area contributed by atoms with Crippen LogP contribution in [0.2, 0.25) is 0 Å². The van der Waals surface area contributed by atoms with Gasteiger partial charge in [0, 0.05) is 31.1 Å². The summed E-state index contributed by atoms with van der Waals surface area (Å²) in [6.45, 7) is 5.51. The quantitative estimate of drug-likeness (QED) is 0.483. The summed E-state index contributed by atoms with van der Waals surface area (Å²) in [5.41, 5.74) is 0. The summed E-state index contributed by atoms with van der Waals surface area (Å²) in [6.07, 6.45) is -1.41. The topological polar surface area (TPSA) is 74.2 Å². The van der Waals surface area contributed by atoms with Gasteiger partial charge in [-0.25, -0.2) is 4.57 Å². The van der Waals surface area contributed by atoms with Crippen molar-refractivity contribution in [2.75, 3.05) is 6.61 Å². The van der Waals surface area contributed by atoms with E-state index in [1.165, 1.54) is 6.61 Å². The van der Waals surface area contributed by atoms with Crippen LogP contribution in [0, 0.1) is 37.7 Å². The second-order valence-corrected chi connectivity index (χ2v) is 5.16. The molecule has 92 valence electrons. The molecule has 0 amide bonds. The predicted octanol–water partition coefficient (Wildman–Crippen LogP) is 0.856. The minimum Gasteiger partial charge on any atom is -0.544 e. The zero-order valence-corrected chi connectivity index (χ0v) is 14.1. The Morgan fingerprint density at radius 1 is 1.50 bits per heavy atom. The van der Waals surface area contributed by atoms with Crippen LogP contribution in [-0.4, -0.2) is 35.9 Å². The summed E-state index contributed by atoms with van der Waals surface area (Å²) >= 11 is 0. The molecule has 0 radical (unpaired) electrons. The van der Waals surface area contributed by atoms with E-state index in [0.717, 1.165) is 0 Å². The fourth-order valence-electron chi connectivity index (χ4n) is 1.51. The number of rotatable bonds is 3. The monoisotopic (exact) mass is 475 g/mol. The van der Waals surface area contributed by atoms with Gasteiger partial charge in [-0.05, 0) is 20.0 Å². The first-order valence-electron chi connectivity index (χ1n) is 4.78. The molecule has 2 heterocycles. The number of hydrogen-bond donors (Lipinski definition) is 1. The summed E-state index contributed by atoms with van der Waals surface area (Å²) in [5, 5.41) is 0. The number of hydrogen-bond acceptors (Lipinski definition) is 5. The van der Waals surface area contributed by atoms with Crippen molar-refractivity contribution in [1.29, 1.82) is 0 Å². The van der Waals surface area contributed by atoms with Gasteiger partial charge in [-0.3, -0.25) is 4.52 Å². The van der Waals surface area contributed by atoms with Crippen molar-refractivity contribution in [3.8, 4) is 0 Å². The second kappa shape index (κ2) is 5.81. The van der Waals surface area contributed by atoms with Crippen molar-refractivity contribution < 1.29 is 59.1 Å². The first-order valence-corrected chi connectivity index (χ1v) is 6.27. The standard InChI is InChI=1S/C8H14O6P.U/c1-5(2)11-3-6-8-7(4-12-6)13-15(9,10)14-8;/h4-8H,3H2,1-2H3,(H,9,10);/q-1;/t6-,7?,8+;/m1./s1. The van der Waals surface area contributed by atoms with Crippen LogP contribution in [0.4, 0.5) is 0 Å². The fourth-order valence-corrected chi connectivity index (χ4v) is 2.60. The minimum atomic E-state index is -3.87. The predicted molar refractivity (Wildman–Crippen MR) is 49.8 cm³/mol. The van der Waals surface area contributed by atoms with Gasteiger partial charge in [0.15, 0.2) is 0 Å². The molecule has 4 atom stereocenters. The average Bonchev–Trinajstić information content (AvgIpc) is 2.56. The van der Waals surface area contributed by atoms with Crippen LogP contribution in [0.5, 0.6) is 0 Å². The smallest absolute Gasteiger partial charge is 0.470 e. The maximum absolute atomic E-state index is 11.1. The Labute approximate surface area is 118 Å². The SMILES string of the molecule is CC(C)OC[C@H]1O[CH-]C2OP(=O)(O)O[C@H]21.[U]. The molecule has 16 heavy (non-hydrogen) atoms. The van der Waals surface area contributed by atoms with E-state index in [-0.39, 0.29) is 43.3 Å².